The van der Waals surface area contributed by atoms with Crippen LogP contribution in [0, 0.1) is 0 Å². The quantitative estimate of drug-likeness (QED) is 0.143. The van der Waals surface area contributed by atoms with Gasteiger partial charge in [0.1, 0.15) is 23.0 Å². The molecule has 0 aliphatic carbocycles. The highest BCUT2D eigenvalue weighted by molar-refractivity contribution is 8.00. The lowest BCUT2D eigenvalue weighted by atomic mass is 10.1. The van der Waals surface area contributed by atoms with Crippen molar-refractivity contribution in [2.75, 3.05) is 24.5 Å². The summed E-state index contributed by atoms with van der Waals surface area (Å²) in [6.07, 6.45) is 1.52. The second-order valence-electron chi connectivity index (χ2n) is 10.5. The molecule has 48 heavy (non-hydrogen) atoms. The maximum atomic E-state index is 13.5. The number of amides is 4. The molecule has 1 aliphatic heterocycles. The molecule has 5 rings (SSSR count). The van der Waals surface area contributed by atoms with E-state index in [1.807, 2.05) is 18.2 Å². The average molecular weight is 664 g/mol. The van der Waals surface area contributed by atoms with E-state index < -0.39 is 17.1 Å². The van der Waals surface area contributed by atoms with Gasteiger partial charge in [0.15, 0.2) is 0 Å². The molecule has 11 nitrogen and oxygen atoms in total. The number of methoxy groups -OCH3 is 2. The van der Waals surface area contributed by atoms with Gasteiger partial charge in [0, 0.05) is 21.7 Å². The van der Waals surface area contributed by atoms with E-state index in [9.17, 15) is 19.2 Å². The van der Waals surface area contributed by atoms with E-state index in [0.717, 1.165) is 4.90 Å². The first-order valence-corrected chi connectivity index (χ1v) is 15.8. The van der Waals surface area contributed by atoms with E-state index in [0.29, 0.717) is 34.0 Å². The molecule has 12 heteroatoms. The molecule has 0 aromatic heterocycles. The van der Waals surface area contributed by atoms with Crippen LogP contribution in [0.5, 0.6) is 11.5 Å². The second-order valence-corrected chi connectivity index (χ2v) is 11.9. The Labute approximate surface area is 282 Å². The summed E-state index contributed by atoms with van der Waals surface area (Å²) in [4.78, 5) is 52.7. The van der Waals surface area contributed by atoms with E-state index in [2.05, 4.69) is 21.1 Å². The molecular formula is C36H33N5O6S. The molecule has 0 spiro atoms. The number of anilines is 2. The minimum absolute atomic E-state index is 0.000743. The van der Waals surface area contributed by atoms with Crippen molar-refractivity contribution >= 4 is 58.7 Å². The average Bonchev–Trinajstić information content (AvgIpc) is 3.48. The molecule has 4 aromatic rings. The van der Waals surface area contributed by atoms with Gasteiger partial charge in [-0.05, 0) is 79.7 Å². The summed E-state index contributed by atoms with van der Waals surface area (Å²) in [5, 5.41) is 13.3. The molecule has 0 radical (unpaired) electrons. The van der Waals surface area contributed by atoms with Crippen LogP contribution < -0.4 is 30.4 Å². The Morgan fingerprint density at radius 2 is 1.56 bits per heavy atom. The smallest absolute Gasteiger partial charge is 0.272 e. The molecule has 1 unspecified atom stereocenters. The van der Waals surface area contributed by atoms with Gasteiger partial charge in [-0.1, -0.05) is 36.4 Å². The van der Waals surface area contributed by atoms with Gasteiger partial charge in [0.05, 0.1) is 31.6 Å². The Kier molecular flexibility index (Phi) is 10.9. The fourth-order valence-electron chi connectivity index (χ4n) is 4.64. The molecule has 0 saturated heterocycles. The van der Waals surface area contributed by atoms with Gasteiger partial charge in [-0.3, -0.25) is 19.2 Å². The summed E-state index contributed by atoms with van der Waals surface area (Å²) in [6.45, 7) is 1.75. The molecular weight excluding hydrogens is 630 g/mol. The number of thioether (sulfide) groups is 1. The molecule has 4 amide bonds. The SMILES string of the molecule is COc1ccc(OC)c(/C=C(\NC(=O)c2ccccc2)C(=O)Nc2ccc(SC(C)C(=O)NC3=NN(c4ccccc4)C(=O)C3)cc2)c1. The highest BCUT2D eigenvalue weighted by Gasteiger charge is 2.27. The molecule has 0 fully saturated rings. The van der Waals surface area contributed by atoms with E-state index in [-0.39, 0.29) is 29.8 Å². The molecule has 1 aliphatic rings. The van der Waals surface area contributed by atoms with Crippen LogP contribution in [0.15, 0.2) is 119 Å². The molecule has 1 atom stereocenters. The van der Waals surface area contributed by atoms with Crippen molar-refractivity contribution in [3.05, 3.63) is 120 Å². The van der Waals surface area contributed by atoms with E-state index in [4.69, 9.17) is 9.47 Å². The topological polar surface area (TPSA) is 138 Å². The first-order chi connectivity index (χ1) is 23.2. The molecule has 4 aromatic carbocycles. The third-order valence-electron chi connectivity index (χ3n) is 7.10. The fraction of sp³-hybridized carbons (Fsp3) is 0.139. The van der Waals surface area contributed by atoms with Gasteiger partial charge in [0.2, 0.25) is 5.91 Å². The van der Waals surface area contributed by atoms with Crippen LogP contribution in [0.1, 0.15) is 29.3 Å². The van der Waals surface area contributed by atoms with Crippen molar-refractivity contribution in [1.82, 2.24) is 10.6 Å². The summed E-state index contributed by atoms with van der Waals surface area (Å²) < 4.78 is 10.8. The third-order valence-corrected chi connectivity index (χ3v) is 8.22. The van der Waals surface area contributed by atoms with E-state index in [1.165, 1.54) is 37.1 Å². The largest absolute Gasteiger partial charge is 0.497 e. The number of para-hydroxylation sites is 1. The van der Waals surface area contributed by atoms with Crippen molar-refractivity contribution < 1.29 is 28.7 Å². The Morgan fingerprint density at radius 1 is 0.875 bits per heavy atom. The van der Waals surface area contributed by atoms with Crippen molar-refractivity contribution in [3.8, 4) is 11.5 Å². The number of hydrazone groups is 1. The first-order valence-electron chi connectivity index (χ1n) is 14.9. The number of nitrogens with zero attached hydrogens (tertiary/aromatic N) is 2. The number of rotatable bonds is 11. The molecule has 3 N–H and O–H groups in total. The zero-order valence-electron chi connectivity index (χ0n) is 26.4. The predicted molar refractivity (Wildman–Crippen MR) is 186 cm³/mol. The third kappa shape index (κ3) is 8.47. The number of amidine groups is 1. The number of carbonyl (C=O) groups excluding carboxylic acids is 4. The number of benzene rings is 4. The van der Waals surface area contributed by atoms with Crippen molar-refractivity contribution in [3.63, 3.8) is 0 Å². The van der Waals surface area contributed by atoms with Crippen LogP contribution in [0.3, 0.4) is 0 Å². The Bertz CT molecular complexity index is 1860. The lowest BCUT2D eigenvalue weighted by Crippen LogP contribution is -2.35. The summed E-state index contributed by atoms with van der Waals surface area (Å²) in [6, 6.07) is 29.6. The Morgan fingerprint density at radius 3 is 2.23 bits per heavy atom. The summed E-state index contributed by atoms with van der Waals surface area (Å²) >= 11 is 1.31. The summed E-state index contributed by atoms with van der Waals surface area (Å²) in [5.41, 5.74) is 1.99. The van der Waals surface area contributed by atoms with Crippen LogP contribution in [-0.4, -0.2) is 48.9 Å². The fourth-order valence-corrected chi connectivity index (χ4v) is 5.50. The van der Waals surface area contributed by atoms with Crippen molar-refractivity contribution in [1.29, 1.82) is 0 Å². The number of hydrogen-bond donors (Lipinski definition) is 3. The summed E-state index contributed by atoms with van der Waals surface area (Å²) in [5.74, 6) is -0.229. The normalized spacial score (nSPS) is 13.3. The molecule has 0 saturated carbocycles. The van der Waals surface area contributed by atoms with Gasteiger partial charge >= 0.3 is 0 Å². The minimum atomic E-state index is -0.561. The Balaban J connectivity index is 1.25. The van der Waals surface area contributed by atoms with Gasteiger partial charge in [-0.15, -0.1) is 11.8 Å². The molecule has 1 heterocycles. The summed E-state index contributed by atoms with van der Waals surface area (Å²) in [7, 11) is 3.04. The lowest BCUT2D eigenvalue weighted by molar-refractivity contribution is -0.119. The standard InChI is InChI=1S/C36H33N5O6S/c1-23(34(43)39-32-22-33(42)41(40-32)27-12-8-5-9-13-27)48-29-17-14-26(15-18-29)37-36(45)30(38-35(44)24-10-6-4-7-11-24)21-25-20-28(46-2)16-19-31(25)47-3/h4-21,23H,22H2,1-3H3,(H,37,45)(H,38,44)(H,39,40,43)/b30-21-. The zero-order chi connectivity index (χ0) is 34.0. The highest BCUT2D eigenvalue weighted by Crippen LogP contribution is 2.28. The van der Waals surface area contributed by atoms with E-state index in [1.54, 1.807) is 91.9 Å². The molecule has 0 bridgehead atoms. The highest BCUT2D eigenvalue weighted by atomic mass is 32.2. The second kappa shape index (κ2) is 15.6. The number of nitrogens with one attached hydrogen (secondary N) is 3. The van der Waals surface area contributed by atoms with Crippen LogP contribution in [0.4, 0.5) is 11.4 Å². The zero-order valence-corrected chi connectivity index (χ0v) is 27.2. The van der Waals surface area contributed by atoms with Crippen LogP contribution >= 0.6 is 11.8 Å². The minimum Gasteiger partial charge on any atom is -0.497 e. The number of carbonyl (C=O) groups is 4. The van der Waals surface area contributed by atoms with Crippen LogP contribution in [0.25, 0.3) is 6.08 Å². The van der Waals surface area contributed by atoms with Crippen molar-refractivity contribution in [2.45, 2.75) is 23.5 Å². The Hall–Kier alpha value is -5.88. The van der Waals surface area contributed by atoms with E-state index >= 15 is 0 Å². The molecule has 244 valence electrons. The van der Waals surface area contributed by atoms with Gasteiger partial charge in [0.25, 0.3) is 17.7 Å². The number of ether oxygens (including phenoxy) is 2. The lowest BCUT2D eigenvalue weighted by Gasteiger charge is -2.14. The van der Waals surface area contributed by atoms with Crippen molar-refractivity contribution in [2.24, 2.45) is 5.10 Å². The monoisotopic (exact) mass is 663 g/mol. The number of hydrogen-bond acceptors (Lipinski definition) is 8. The van der Waals surface area contributed by atoms with Crippen LogP contribution in [-0.2, 0) is 14.4 Å². The van der Waals surface area contributed by atoms with Gasteiger partial charge < -0.3 is 25.4 Å². The van der Waals surface area contributed by atoms with Gasteiger partial charge in [-0.25, -0.2) is 0 Å². The first kappa shape index (κ1) is 33.5. The van der Waals surface area contributed by atoms with Gasteiger partial charge in [-0.2, -0.15) is 10.1 Å². The van der Waals surface area contributed by atoms with Crippen LogP contribution in [0.2, 0.25) is 0 Å². The predicted octanol–water partition coefficient (Wildman–Crippen LogP) is 5.46. The maximum Gasteiger partial charge on any atom is 0.272 e. The maximum absolute atomic E-state index is 13.5.